The first-order valence-electron chi connectivity index (χ1n) is 2.65. The maximum Gasteiger partial charge on any atom is 0.0143 e. The Morgan fingerprint density at radius 1 is 1.43 bits per heavy atom. The van der Waals surface area contributed by atoms with E-state index >= 15 is 0 Å². The van der Waals surface area contributed by atoms with Gasteiger partial charge in [-0.2, -0.15) is 0 Å². The molecule has 0 rings (SSSR count). The summed E-state index contributed by atoms with van der Waals surface area (Å²) in [6.07, 6.45) is 2.48. The molecule has 0 nitrogen and oxygen atoms in total. The highest BCUT2D eigenvalue weighted by Gasteiger charge is 1.97. The van der Waals surface area contributed by atoms with Crippen LogP contribution < -0.4 is 0 Å². The molecular weight excluding hydrogens is 124 g/mol. The van der Waals surface area contributed by atoms with E-state index in [0.717, 1.165) is 5.25 Å². The molecule has 0 fully saturated rings. The average molecular weight is 136 g/mol. The van der Waals surface area contributed by atoms with Crippen LogP contribution in [0, 0.1) is 0 Å². The number of hydrogen-bond donors (Lipinski definition) is 1. The fraction of sp³-hybridized carbons (Fsp3) is 1.00. The van der Waals surface area contributed by atoms with Crippen molar-refractivity contribution in [3.05, 3.63) is 0 Å². The third-order valence-corrected chi connectivity index (χ3v) is 2.92. The van der Waals surface area contributed by atoms with Crippen molar-refractivity contribution in [2.24, 2.45) is 0 Å². The lowest BCUT2D eigenvalue weighted by molar-refractivity contribution is 0.797. The largest absolute Gasteiger partial charge is 0.111 e. The molecule has 44 valence electrons. The van der Waals surface area contributed by atoms with E-state index in [1.54, 1.807) is 10.8 Å². The monoisotopic (exact) mass is 136 g/mol. The molecular formula is C5H12S2. The van der Waals surface area contributed by atoms with Gasteiger partial charge in [0.2, 0.25) is 0 Å². The Bertz CT molecular complexity index is 27.6. The van der Waals surface area contributed by atoms with E-state index in [0.29, 0.717) is 0 Å². The Hall–Kier alpha value is 0.700. The molecule has 0 aromatic heterocycles. The molecule has 0 amide bonds. The van der Waals surface area contributed by atoms with Gasteiger partial charge < -0.3 is 0 Å². The summed E-state index contributed by atoms with van der Waals surface area (Å²) in [5.41, 5.74) is 0. The molecule has 0 bridgehead atoms. The van der Waals surface area contributed by atoms with Crippen LogP contribution in [-0.4, -0.2) is 5.25 Å². The van der Waals surface area contributed by atoms with Crippen molar-refractivity contribution in [2.45, 2.75) is 31.9 Å². The predicted octanol–water partition coefficient (Wildman–Crippen LogP) is 2.75. The van der Waals surface area contributed by atoms with Gasteiger partial charge in [-0.1, -0.05) is 24.6 Å². The second kappa shape index (κ2) is 4.85. The molecule has 7 heavy (non-hydrogen) atoms. The van der Waals surface area contributed by atoms with Crippen LogP contribution in [-0.2, 0) is 0 Å². The van der Waals surface area contributed by atoms with E-state index in [4.69, 9.17) is 0 Å². The Morgan fingerprint density at radius 2 is 1.86 bits per heavy atom. The second-order valence-corrected chi connectivity index (χ2v) is 3.05. The van der Waals surface area contributed by atoms with Crippen LogP contribution in [0.5, 0.6) is 0 Å². The first kappa shape index (κ1) is 7.70. The van der Waals surface area contributed by atoms with Crippen LogP contribution in [0.3, 0.4) is 0 Å². The van der Waals surface area contributed by atoms with E-state index in [-0.39, 0.29) is 0 Å². The minimum Gasteiger partial charge on any atom is -0.111 e. The van der Waals surface area contributed by atoms with Crippen LogP contribution >= 0.6 is 22.5 Å². The van der Waals surface area contributed by atoms with Crippen LogP contribution in [0.15, 0.2) is 0 Å². The van der Waals surface area contributed by atoms with Gasteiger partial charge in [-0.25, -0.2) is 0 Å². The van der Waals surface area contributed by atoms with E-state index in [2.05, 4.69) is 25.5 Å². The Morgan fingerprint density at radius 3 is 1.86 bits per heavy atom. The fourth-order valence-electron chi connectivity index (χ4n) is 0.438. The average Bonchev–Trinajstić information content (AvgIpc) is 1.72. The first-order chi connectivity index (χ1) is 3.35. The quantitative estimate of drug-likeness (QED) is 0.460. The van der Waals surface area contributed by atoms with Gasteiger partial charge in [-0.05, 0) is 12.8 Å². The summed E-state index contributed by atoms with van der Waals surface area (Å²) >= 11 is 4.09. The van der Waals surface area contributed by atoms with Crippen molar-refractivity contribution in [2.75, 3.05) is 0 Å². The third-order valence-electron chi connectivity index (χ3n) is 1.06. The van der Waals surface area contributed by atoms with Crippen molar-refractivity contribution < 1.29 is 0 Å². The molecule has 0 unspecified atom stereocenters. The molecule has 0 spiro atoms. The van der Waals surface area contributed by atoms with Crippen molar-refractivity contribution in [1.82, 2.24) is 0 Å². The van der Waals surface area contributed by atoms with Gasteiger partial charge in [0.05, 0.1) is 0 Å². The highest BCUT2D eigenvalue weighted by Crippen LogP contribution is 2.20. The maximum atomic E-state index is 4.09. The topological polar surface area (TPSA) is 0 Å². The van der Waals surface area contributed by atoms with Gasteiger partial charge in [0.1, 0.15) is 0 Å². The van der Waals surface area contributed by atoms with Crippen LogP contribution in [0.4, 0.5) is 0 Å². The lowest BCUT2D eigenvalue weighted by atomic mass is 10.3. The molecule has 0 saturated heterocycles. The molecule has 0 aliphatic rings. The van der Waals surface area contributed by atoms with Gasteiger partial charge >= 0.3 is 0 Å². The molecule has 0 aliphatic heterocycles. The zero-order valence-corrected chi connectivity index (χ0v) is 6.56. The van der Waals surface area contributed by atoms with E-state index in [1.165, 1.54) is 12.8 Å². The van der Waals surface area contributed by atoms with Gasteiger partial charge in [0.15, 0.2) is 0 Å². The van der Waals surface area contributed by atoms with Crippen LogP contribution in [0.25, 0.3) is 0 Å². The Kier molecular flexibility index (Phi) is 5.33. The van der Waals surface area contributed by atoms with Crippen LogP contribution in [0.2, 0.25) is 0 Å². The van der Waals surface area contributed by atoms with Crippen molar-refractivity contribution in [3.8, 4) is 0 Å². The predicted molar refractivity (Wildman–Crippen MR) is 40.9 cm³/mol. The lowest BCUT2D eigenvalue weighted by Crippen LogP contribution is -1.92. The molecule has 0 saturated carbocycles. The zero-order valence-electron chi connectivity index (χ0n) is 4.85. The summed E-state index contributed by atoms with van der Waals surface area (Å²) in [6, 6.07) is 0. The minimum absolute atomic E-state index is 0.767. The minimum atomic E-state index is 0.767. The zero-order chi connectivity index (χ0) is 5.70. The lowest BCUT2D eigenvalue weighted by Gasteiger charge is -2.03. The summed E-state index contributed by atoms with van der Waals surface area (Å²) in [6.45, 7) is 4.38. The highest BCUT2D eigenvalue weighted by molar-refractivity contribution is 8.68. The SMILES string of the molecule is CCC(CC)SS. The third kappa shape index (κ3) is 3.30. The number of hydrogen-bond acceptors (Lipinski definition) is 2. The van der Waals surface area contributed by atoms with Crippen molar-refractivity contribution in [1.29, 1.82) is 0 Å². The molecule has 0 N–H and O–H groups in total. The Balaban J connectivity index is 2.99. The fourth-order valence-corrected chi connectivity index (χ4v) is 1.63. The van der Waals surface area contributed by atoms with Gasteiger partial charge in [-0.3, -0.25) is 0 Å². The van der Waals surface area contributed by atoms with E-state index < -0.39 is 0 Å². The summed E-state index contributed by atoms with van der Waals surface area (Å²) in [5.74, 6) is 0. The molecule has 2 heteroatoms. The highest BCUT2D eigenvalue weighted by atomic mass is 33.1. The first-order valence-corrected chi connectivity index (χ1v) is 4.58. The molecule has 0 heterocycles. The Labute approximate surface area is 54.9 Å². The van der Waals surface area contributed by atoms with E-state index in [1.807, 2.05) is 0 Å². The summed E-state index contributed by atoms with van der Waals surface area (Å²) < 4.78 is 0. The smallest absolute Gasteiger partial charge is 0.0143 e. The normalized spacial score (nSPS) is 10.3. The van der Waals surface area contributed by atoms with Crippen LogP contribution in [0.1, 0.15) is 26.7 Å². The maximum absolute atomic E-state index is 4.09. The van der Waals surface area contributed by atoms with Crippen molar-refractivity contribution in [3.63, 3.8) is 0 Å². The molecule has 0 aromatic carbocycles. The van der Waals surface area contributed by atoms with E-state index in [9.17, 15) is 0 Å². The van der Waals surface area contributed by atoms with Gasteiger partial charge in [0, 0.05) is 5.25 Å². The molecule has 0 aliphatic carbocycles. The standard InChI is InChI=1S/C5H12S2/c1-3-5(4-2)7-6/h5-6H,3-4H2,1-2H3. The number of rotatable bonds is 3. The summed E-state index contributed by atoms with van der Waals surface area (Å²) in [4.78, 5) is 0. The van der Waals surface area contributed by atoms with Crippen molar-refractivity contribution >= 4 is 22.5 Å². The second-order valence-electron chi connectivity index (χ2n) is 1.54. The number of thiol groups is 1. The summed E-state index contributed by atoms with van der Waals surface area (Å²) in [5, 5.41) is 0.767. The van der Waals surface area contributed by atoms with Gasteiger partial charge in [0.25, 0.3) is 0 Å². The summed E-state index contributed by atoms with van der Waals surface area (Å²) in [7, 11) is 1.66. The molecule has 0 aromatic rings. The van der Waals surface area contributed by atoms with Gasteiger partial charge in [-0.15, -0.1) is 11.7 Å². The molecule has 0 atom stereocenters. The molecule has 0 radical (unpaired) electrons.